The average molecular weight is 291 g/mol. The summed E-state index contributed by atoms with van der Waals surface area (Å²) in [5.74, 6) is 3.10. The molecule has 0 radical (unpaired) electrons. The van der Waals surface area contributed by atoms with Gasteiger partial charge < -0.3 is 4.57 Å². The molecule has 2 aromatic rings. The molecule has 0 spiro atoms. The summed E-state index contributed by atoms with van der Waals surface area (Å²) in [7, 11) is 0. The van der Waals surface area contributed by atoms with Crippen LogP contribution in [0.4, 0.5) is 0 Å². The summed E-state index contributed by atoms with van der Waals surface area (Å²) < 4.78 is 2.38. The van der Waals surface area contributed by atoms with Gasteiger partial charge in [-0.3, -0.25) is 0 Å². The zero-order chi connectivity index (χ0) is 14.1. The zero-order valence-corrected chi connectivity index (χ0v) is 13.2. The molecule has 0 amide bonds. The van der Waals surface area contributed by atoms with Crippen LogP contribution in [0.15, 0.2) is 18.2 Å². The Bertz CT molecular complexity index is 602. The fourth-order valence-electron chi connectivity index (χ4n) is 3.61. The van der Waals surface area contributed by atoms with Crippen molar-refractivity contribution >= 4 is 22.6 Å². The number of hydrogen-bond donors (Lipinski definition) is 0. The smallest absolute Gasteiger partial charge is 0.124 e. The van der Waals surface area contributed by atoms with Gasteiger partial charge >= 0.3 is 0 Å². The van der Waals surface area contributed by atoms with E-state index in [-0.39, 0.29) is 0 Å². The van der Waals surface area contributed by atoms with Crippen molar-refractivity contribution in [3.05, 3.63) is 29.6 Å². The maximum atomic E-state index is 6.13. The fraction of sp³-hybridized carbons (Fsp3) is 0.588. The number of aromatic nitrogens is 2. The molecule has 1 aliphatic rings. The summed E-state index contributed by atoms with van der Waals surface area (Å²) in [6.07, 6.45) is 5.47. The molecule has 1 aromatic carbocycles. The van der Waals surface area contributed by atoms with E-state index in [1.54, 1.807) is 0 Å². The SMILES string of the molecule is Cc1cccc2nc(CCl)n(CC3CCCCC3C)c12. The van der Waals surface area contributed by atoms with Crippen LogP contribution < -0.4 is 0 Å². The molecule has 1 aliphatic carbocycles. The van der Waals surface area contributed by atoms with E-state index in [1.807, 2.05) is 0 Å². The van der Waals surface area contributed by atoms with Gasteiger partial charge in [0.1, 0.15) is 5.82 Å². The Morgan fingerprint density at radius 3 is 2.85 bits per heavy atom. The molecule has 0 bridgehead atoms. The van der Waals surface area contributed by atoms with Gasteiger partial charge in [-0.2, -0.15) is 0 Å². The standard InChI is InChI=1S/C17H23ClN2/c1-12-6-3-4-8-14(12)11-20-16(10-18)19-15-9-5-7-13(2)17(15)20/h5,7,9,12,14H,3-4,6,8,10-11H2,1-2H3. The monoisotopic (exact) mass is 290 g/mol. The van der Waals surface area contributed by atoms with Crippen LogP contribution in [-0.2, 0) is 12.4 Å². The van der Waals surface area contributed by atoms with Gasteiger partial charge in [0.15, 0.2) is 0 Å². The van der Waals surface area contributed by atoms with Crippen LogP contribution in [0.2, 0.25) is 0 Å². The van der Waals surface area contributed by atoms with Crippen LogP contribution in [0.25, 0.3) is 11.0 Å². The first kappa shape index (κ1) is 13.9. The van der Waals surface area contributed by atoms with Gasteiger partial charge in [0.2, 0.25) is 0 Å². The van der Waals surface area contributed by atoms with Gasteiger partial charge in [0, 0.05) is 6.54 Å². The quantitative estimate of drug-likeness (QED) is 0.734. The Hall–Kier alpha value is -1.02. The fourth-order valence-corrected chi connectivity index (χ4v) is 3.81. The lowest BCUT2D eigenvalue weighted by Gasteiger charge is -2.29. The summed E-state index contributed by atoms with van der Waals surface area (Å²) in [5, 5.41) is 0. The minimum Gasteiger partial charge on any atom is -0.326 e. The molecular formula is C17H23ClN2. The second-order valence-electron chi connectivity index (χ2n) is 6.24. The summed E-state index contributed by atoms with van der Waals surface area (Å²) >= 11 is 6.13. The highest BCUT2D eigenvalue weighted by Crippen LogP contribution is 2.32. The second kappa shape index (κ2) is 5.77. The van der Waals surface area contributed by atoms with Crippen molar-refractivity contribution in [1.29, 1.82) is 0 Å². The van der Waals surface area contributed by atoms with Crippen molar-refractivity contribution in [2.45, 2.75) is 52.0 Å². The molecule has 1 saturated carbocycles. The van der Waals surface area contributed by atoms with E-state index in [9.17, 15) is 0 Å². The van der Waals surface area contributed by atoms with Crippen molar-refractivity contribution in [1.82, 2.24) is 9.55 Å². The van der Waals surface area contributed by atoms with E-state index in [2.05, 4.69) is 36.6 Å². The highest BCUT2D eigenvalue weighted by molar-refractivity contribution is 6.16. The van der Waals surface area contributed by atoms with E-state index < -0.39 is 0 Å². The Morgan fingerprint density at radius 2 is 2.10 bits per heavy atom. The molecule has 3 rings (SSSR count). The lowest BCUT2D eigenvalue weighted by atomic mass is 9.80. The molecule has 2 atom stereocenters. The van der Waals surface area contributed by atoms with Crippen LogP contribution in [0.3, 0.4) is 0 Å². The number of nitrogens with zero attached hydrogens (tertiary/aromatic N) is 2. The molecule has 1 aromatic heterocycles. The summed E-state index contributed by atoms with van der Waals surface area (Å²) in [5.41, 5.74) is 3.67. The molecule has 3 heteroatoms. The molecule has 108 valence electrons. The first-order valence-corrected chi connectivity index (χ1v) is 8.25. The number of para-hydroxylation sites is 1. The summed E-state index contributed by atoms with van der Waals surface area (Å²) in [4.78, 5) is 4.71. The molecular weight excluding hydrogens is 268 g/mol. The second-order valence-corrected chi connectivity index (χ2v) is 6.50. The number of aryl methyl sites for hydroxylation is 1. The molecule has 2 nitrogen and oxygen atoms in total. The van der Waals surface area contributed by atoms with Crippen molar-refractivity contribution in [2.75, 3.05) is 0 Å². The van der Waals surface area contributed by atoms with Crippen LogP contribution >= 0.6 is 11.6 Å². The van der Waals surface area contributed by atoms with E-state index >= 15 is 0 Å². The molecule has 1 heterocycles. The minimum atomic E-state index is 0.495. The van der Waals surface area contributed by atoms with Crippen molar-refractivity contribution in [2.24, 2.45) is 11.8 Å². The number of alkyl halides is 1. The normalized spacial score (nSPS) is 23.4. The van der Waals surface area contributed by atoms with Gasteiger partial charge in [0.05, 0.1) is 16.9 Å². The average Bonchev–Trinajstić information content (AvgIpc) is 2.81. The first-order chi connectivity index (χ1) is 9.70. The number of benzene rings is 1. The van der Waals surface area contributed by atoms with Gasteiger partial charge in [0.25, 0.3) is 0 Å². The third kappa shape index (κ3) is 2.46. The van der Waals surface area contributed by atoms with Crippen molar-refractivity contribution < 1.29 is 0 Å². The predicted molar refractivity (Wildman–Crippen MR) is 85.1 cm³/mol. The molecule has 0 N–H and O–H groups in total. The van der Waals surface area contributed by atoms with Crippen molar-refractivity contribution in [3.63, 3.8) is 0 Å². The van der Waals surface area contributed by atoms with Crippen LogP contribution in [-0.4, -0.2) is 9.55 Å². The van der Waals surface area contributed by atoms with Crippen LogP contribution in [0.1, 0.15) is 44.0 Å². The van der Waals surface area contributed by atoms with Gasteiger partial charge in [-0.15, -0.1) is 11.6 Å². The summed E-state index contributed by atoms with van der Waals surface area (Å²) in [6.45, 7) is 5.64. The zero-order valence-electron chi connectivity index (χ0n) is 12.4. The molecule has 0 aliphatic heterocycles. The largest absolute Gasteiger partial charge is 0.326 e. The Morgan fingerprint density at radius 1 is 1.30 bits per heavy atom. The lowest BCUT2D eigenvalue weighted by Crippen LogP contribution is -2.22. The predicted octanol–water partition coefficient (Wildman–Crippen LogP) is 4.91. The van der Waals surface area contributed by atoms with E-state index in [4.69, 9.17) is 16.6 Å². The van der Waals surface area contributed by atoms with E-state index in [1.165, 1.54) is 36.8 Å². The molecule has 20 heavy (non-hydrogen) atoms. The number of hydrogen-bond acceptors (Lipinski definition) is 1. The third-order valence-corrected chi connectivity index (χ3v) is 5.11. The van der Waals surface area contributed by atoms with Crippen molar-refractivity contribution in [3.8, 4) is 0 Å². The molecule has 0 saturated heterocycles. The van der Waals surface area contributed by atoms with Crippen LogP contribution in [0.5, 0.6) is 0 Å². The van der Waals surface area contributed by atoms with Gasteiger partial charge in [-0.1, -0.05) is 38.3 Å². The molecule has 1 fully saturated rings. The van der Waals surface area contributed by atoms with E-state index in [0.29, 0.717) is 5.88 Å². The minimum absolute atomic E-state index is 0.495. The Kier molecular flexibility index (Phi) is 4.02. The number of halogens is 1. The number of fused-ring (bicyclic) bond motifs is 1. The van der Waals surface area contributed by atoms with E-state index in [0.717, 1.165) is 29.7 Å². The highest BCUT2D eigenvalue weighted by Gasteiger charge is 2.23. The Labute approximate surface area is 126 Å². The van der Waals surface area contributed by atoms with Gasteiger partial charge in [-0.05, 0) is 36.8 Å². The number of rotatable bonds is 3. The topological polar surface area (TPSA) is 17.8 Å². The maximum Gasteiger partial charge on any atom is 0.124 e. The van der Waals surface area contributed by atoms with Crippen LogP contribution in [0, 0.1) is 18.8 Å². The van der Waals surface area contributed by atoms with Gasteiger partial charge in [-0.25, -0.2) is 4.98 Å². The highest BCUT2D eigenvalue weighted by atomic mass is 35.5. The maximum absolute atomic E-state index is 6.13. The summed E-state index contributed by atoms with van der Waals surface area (Å²) in [6, 6.07) is 6.35. The first-order valence-electron chi connectivity index (χ1n) is 7.71. The Balaban J connectivity index is 2.00. The molecule has 2 unspecified atom stereocenters. The number of imidazole rings is 1. The third-order valence-electron chi connectivity index (χ3n) is 4.87. The lowest BCUT2D eigenvalue weighted by molar-refractivity contribution is 0.229.